The number of para-hydroxylation sites is 2. The number of carbonyl (C=O) groups is 1. The summed E-state index contributed by atoms with van der Waals surface area (Å²) in [6.07, 6.45) is -0.0170. The number of nitrogens with zero attached hydrogens (tertiary/aromatic N) is 1. The van der Waals surface area contributed by atoms with Crippen molar-refractivity contribution in [3.63, 3.8) is 0 Å². The van der Waals surface area contributed by atoms with Crippen LogP contribution in [0.15, 0.2) is 77.7 Å². The Balaban J connectivity index is 1.93. The summed E-state index contributed by atoms with van der Waals surface area (Å²) in [5, 5.41) is 2.76. The summed E-state index contributed by atoms with van der Waals surface area (Å²) in [6.45, 7) is 5.25. The topological polar surface area (TPSA) is 84.9 Å². The molecule has 0 radical (unpaired) electrons. The van der Waals surface area contributed by atoms with Crippen LogP contribution in [0.25, 0.3) is 0 Å². The van der Waals surface area contributed by atoms with Crippen LogP contribution >= 0.6 is 0 Å². The van der Waals surface area contributed by atoms with Gasteiger partial charge in [0.1, 0.15) is 18.0 Å². The number of hydrogen-bond donors (Lipinski definition) is 1. The quantitative estimate of drug-likeness (QED) is 0.495. The molecule has 0 spiro atoms. The number of amides is 1. The molecule has 8 heteroatoms. The first-order valence-corrected chi connectivity index (χ1v) is 11.9. The van der Waals surface area contributed by atoms with Crippen LogP contribution in [0, 0.1) is 6.92 Å². The van der Waals surface area contributed by atoms with Gasteiger partial charge in [-0.1, -0.05) is 35.9 Å². The van der Waals surface area contributed by atoms with Crippen molar-refractivity contribution in [2.75, 3.05) is 23.3 Å². The molecule has 3 rings (SSSR count). The Morgan fingerprint density at radius 1 is 1.00 bits per heavy atom. The highest BCUT2D eigenvalue weighted by Gasteiger charge is 2.29. The predicted molar refractivity (Wildman–Crippen MR) is 130 cm³/mol. The molecule has 0 fully saturated rings. The molecule has 1 N–H and O–H groups in total. The van der Waals surface area contributed by atoms with Gasteiger partial charge in [-0.3, -0.25) is 9.10 Å². The molecule has 0 atom stereocenters. The number of nitrogens with one attached hydrogen (secondary N) is 1. The van der Waals surface area contributed by atoms with Crippen LogP contribution in [0.3, 0.4) is 0 Å². The maximum atomic E-state index is 13.5. The standard InChI is InChI=1S/C25H28N2O5S/c1-18(2)32-21-9-7-8-20(16-21)26-25(28)17-27(23-10-5-6-11-24(23)31-4)33(29,30)22-14-12-19(3)13-15-22/h5-16,18H,17H2,1-4H3,(H,26,28). The lowest BCUT2D eigenvalue weighted by Gasteiger charge is -2.25. The first kappa shape index (κ1) is 24.1. The fourth-order valence-corrected chi connectivity index (χ4v) is 4.65. The predicted octanol–water partition coefficient (Wildman–Crippen LogP) is 4.62. The maximum Gasteiger partial charge on any atom is 0.264 e. The van der Waals surface area contributed by atoms with E-state index in [0.717, 1.165) is 9.87 Å². The number of aryl methyl sites for hydroxylation is 1. The summed E-state index contributed by atoms with van der Waals surface area (Å²) in [4.78, 5) is 13.0. The number of sulfonamides is 1. The second kappa shape index (κ2) is 10.4. The van der Waals surface area contributed by atoms with Crippen molar-refractivity contribution in [2.24, 2.45) is 0 Å². The minimum Gasteiger partial charge on any atom is -0.495 e. The highest BCUT2D eigenvalue weighted by Crippen LogP contribution is 2.32. The third-order valence-electron chi connectivity index (χ3n) is 4.74. The number of methoxy groups -OCH3 is 1. The normalized spacial score (nSPS) is 11.2. The van der Waals surface area contributed by atoms with Gasteiger partial charge in [-0.05, 0) is 57.2 Å². The first-order valence-electron chi connectivity index (χ1n) is 10.5. The van der Waals surface area contributed by atoms with Gasteiger partial charge in [0.2, 0.25) is 5.91 Å². The Kier molecular flexibility index (Phi) is 7.60. The van der Waals surface area contributed by atoms with E-state index in [4.69, 9.17) is 9.47 Å². The van der Waals surface area contributed by atoms with Gasteiger partial charge in [0.15, 0.2) is 0 Å². The highest BCUT2D eigenvalue weighted by molar-refractivity contribution is 7.92. The van der Waals surface area contributed by atoms with E-state index in [-0.39, 0.29) is 16.7 Å². The second-order valence-corrected chi connectivity index (χ2v) is 9.60. The lowest BCUT2D eigenvalue weighted by atomic mass is 10.2. The van der Waals surface area contributed by atoms with E-state index in [9.17, 15) is 13.2 Å². The first-order chi connectivity index (χ1) is 15.7. The van der Waals surface area contributed by atoms with Crippen LogP contribution < -0.4 is 19.1 Å². The van der Waals surface area contributed by atoms with Gasteiger partial charge in [0, 0.05) is 11.8 Å². The largest absolute Gasteiger partial charge is 0.495 e. The van der Waals surface area contributed by atoms with Crippen molar-refractivity contribution in [1.82, 2.24) is 0 Å². The van der Waals surface area contributed by atoms with E-state index in [1.807, 2.05) is 20.8 Å². The minimum absolute atomic E-state index is 0.0170. The summed E-state index contributed by atoms with van der Waals surface area (Å²) in [6, 6.07) is 20.1. The minimum atomic E-state index is -4.05. The fourth-order valence-electron chi connectivity index (χ4n) is 3.22. The Morgan fingerprint density at radius 2 is 1.70 bits per heavy atom. The van der Waals surface area contributed by atoms with E-state index in [1.54, 1.807) is 60.7 Å². The van der Waals surface area contributed by atoms with E-state index in [1.165, 1.54) is 19.2 Å². The van der Waals surface area contributed by atoms with Gasteiger partial charge in [0.05, 0.1) is 23.8 Å². The van der Waals surface area contributed by atoms with Gasteiger partial charge in [-0.25, -0.2) is 8.42 Å². The number of carbonyl (C=O) groups excluding carboxylic acids is 1. The molecule has 0 saturated carbocycles. The van der Waals surface area contributed by atoms with Crippen LogP contribution in [0.1, 0.15) is 19.4 Å². The Hall–Kier alpha value is -3.52. The van der Waals surface area contributed by atoms with Crippen molar-refractivity contribution >= 4 is 27.3 Å². The molecule has 3 aromatic rings. The molecule has 0 bridgehead atoms. The van der Waals surface area contributed by atoms with E-state index in [2.05, 4.69) is 5.32 Å². The monoisotopic (exact) mass is 468 g/mol. The van der Waals surface area contributed by atoms with Crippen molar-refractivity contribution in [3.05, 3.63) is 78.4 Å². The average molecular weight is 469 g/mol. The molecule has 0 heterocycles. The maximum absolute atomic E-state index is 13.5. The van der Waals surface area contributed by atoms with Gasteiger partial charge < -0.3 is 14.8 Å². The van der Waals surface area contributed by atoms with Gasteiger partial charge >= 0.3 is 0 Å². The Morgan fingerprint density at radius 3 is 2.36 bits per heavy atom. The van der Waals surface area contributed by atoms with Crippen LogP contribution in [0.4, 0.5) is 11.4 Å². The molecule has 7 nitrogen and oxygen atoms in total. The van der Waals surface area contributed by atoms with Gasteiger partial charge in [0.25, 0.3) is 10.0 Å². The SMILES string of the molecule is COc1ccccc1N(CC(=O)Nc1cccc(OC(C)C)c1)S(=O)(=O)c1ccc(C)cc1. The molecular formula is C25H28N2O5S. The second-order valence-electron chi connectivity index (χ2n) is 7.74. The molecule has 0 aliphatic carbocycles. The van der Waals surface area contributed by atoms with Crippen LogP contribution in [-0.2, 0) is 14.8 Å². The number of hydrogen-bond acceptors (Lipinski definition) is 5. The summed E-state index contributed by atoms with van der Waals surface area (Å²) >= 11 is 0. The Bertz CT molecular complexity index is 1210. The van der Waals surface area contributed by atoms with E-state index < -0.39 is 22.5 Å². The zero-order valence-electron chi connectivity index (χ0n) is 19.1. The van der Waals surface area contributed by atoms with Gasteiger partial charge in [-0.15, -0.1) is 0 Å². The van der Waals surface area contributed by atoms with Crippen LogP contribution in [-0.4, -0.2) is 34.1 Å². The molecule has 33 heavy (non-hydrogen) atoms. The molecule has 1 amide bonds. The van der Waals surface area contributed by atoms with Gasteiger partial charge in [-0.2, -0.15) is 0 Å². The number of benzene rings is 3. The molecule has 174 valence electrons. The van der Waals surface area contributed by atoms with Crippen LogP contribution in [0.2, 0.25) is 0 Å². The van der Waals surface area contributed by atoms with Crippen molar-refractivity contribution in [2.45, 2.75) is 31.8 Å². The third kappa shape index (κ3) is 6.04. The van der Waals surface area contributed by atoms with Crippen molar-refractivity contribution in [1.29, 1.82) is 0 Å². The summed E-state index contributed by atoms with van der Waals surface area (Å²) in [5.74, 6) is 0.447. The van der Waals surface area contributed by atoms with E-state index in [0.29, 0.717) is 17.2 Å². The fraction of sp³-hybridized carbons (Fsp3) is 0.240. The number of rotatable bonds is 9. The molecule has 0 aliphatic rings. The zero-order valence-corrected chi connectivity index (χ0v) is 19.9. The number of anilines is 2. The third-order valence-corrected chi connectivity index (χ3v) is 6.51. The summed E-state index contributed by atoms with van der Waals surface area (Å²) in [7, 11) is -2.59. The lowest BCUT2D eigenvalue weighted by molar-refractivity contribution is -0.114. The van der Waals surface area contributed by atoms with Crippen LogP contribution in [0.5, 0.6) is 11.5 Å². The highest BCUT2D eigenvalue weighted by atomic mass is 32.2. The smallest absolute Gasteiger partial charge is 0.264 e. The summed E-state index contributed by atoms with van der Waals surface area (Å²) < 4.78 is 39.2. The lowest BCUT2D eigenvalue weighted by Crippen LogP contribution is -2.38. The molecule has 0 aromatic heterocycles. The van der Waals surface area contributed by atoms with Crippen molar-refractivity contribution in [3.8, 4) is 11.5 Å². The number of ether oxygens (including phenoxy) is 2. The zero-order chi connectivity index (χ0) is 24.0. The average Bonchev–Trinajstić information content (AvgIpc) is 2.77. The van der Waals surface area contributed by atoms with Crippen molar-refractivity contribution < 1.29 is 22.7 Å². The Labute approximate surface area is 195 Å². The summed E-state index contributed by atoms with van der Waals surface area (Å²) in [5.41, 5.74) is 1.71. The molecule has 3 aromatic carbocycles. The molecular weight excluding hydrogens is 440 g/mol. The molecule has 0 aliphatic heterocycles. The molecule has 0 saturated heterocycles. The van der Waals surface area contributed by atoms with E-state index >= 15 is 0 Å². The molecule has 0 unspecified atom stereocenters.